The molecule has 0 saturated carbocycles. The fourth-order valence-corrected chi connectivity index (χ4v) is 1.76. The number of aryl methyl sites for hydroxylation is 1. The van der Waals surface area contributed by atoms with Crippen LogP contribution in [0.1, 0.15) is 35.7 Å². The predicted octanol–water partition coefficient (Wildman–Crippen LogP) is 2.16. The average molecular weight is 203 g/mol. The summed E-state index contributed by atoms with van der Waals surface area (Å²) in [6.45, 7) is 1.85. The number of ketones is 1. The zero-order valence-corrected chi connectivity index (χ0v) is 8.67. The van der Waals surface area contributed by atoms with Crippen molar-refractivity contribution in [2.45, 2.75) is 26.2 Å². The van der Waals surface area contributed by atoms with Gasteiger partial charge in [0.2, 0.25) is 5.91 Å². The molecule has 3 heteroatoms. The highest BCUT2D eigenvalue weighted by atomic mass is 16.1. The highest BCUT2D eigenvalue weighted by molar-refractivity contribution is 5.98. The molecule has 0 unspecified atom stereocenters. The number of hydrogen-bond donors (Lipinski definition) is 1. The maximum Gasteiger partial charge on any atom is 0.224 e. The monoisotopic (exact) mass is 203 g/mol. The summed E-state index contributed by atoms with van der Waals surface area (Å²) in [6.07, 6.45) is 1.76. The van der Waals surface area contributed by atoms with Crippen molar-refractivity contribution in [1.29, 1.82) is 0 Å². The Kier molecular flexibility index (Phi) is 2.54. The van der Waals surface area contributed by atoms with Gasteiger partial charge in [0.1, 0.15) is 0 Å². The SMILES string of the molecule is CCC(=O)c1ccc2c(c1)CCC(=O)N2. The molecule has 15 heavy (non-hydrogen) atoms. The lowest BCUT2D eigenvalue weighted by Crippen LogP contribution is -2.19. The van der Waals surface area contributed by atoms with Crippen LogP contribution in [0.25, 0.3) is 0 Å². The first-order valence-corrected chi connectivity index (χ1v) is 5.16. The van der Waals surface area contributed by atoms with Crippen LogP contribution in [0.4, 0.5) is 5.69 Å². The molecular formula is C12H13NO2. The number of carbonyl (C=O) groups excluding carboxylic acids is 2. The summed E-state index contributed by atoms with van der Waals surface area (Å²) in [4.78, 5) is 22.6. The molecule has 0 atom stereocenters. The van der Waals surface area contributed by atoms with Gasteiger partial charge in [-0.05, 0) is 30.2 Å². The fourth-order valence-electron chi connectivity index (χ4n) is 1.76. The fraction of sp³-hybridized carbons (Fsp3) is 0.333. The number of amides is 1. The van der Waals surface area contributed by atoms with Crippen molar-refractivity contribution in [2.75, 3.05) is 5.32 Å². The lowest BCUT2D eigenvalue weighted by molar-refractivity contribution is -0.116. The molecule has 1 heterocycles. The van der Waals surface area contributed by atoms with E-state index >= 15 is 0 Å². The van der Waals surface area contributed by atoms with E-state index in [1.165, 1.54) is 0 Å². The second kappa shape index (κ2) is 3.85. The molecule has 1 aromatic rings. The zero-order valence-electron chi connectivity index (χ0n) is 8.67. The summed E-state index contributed by atoms with van der Waals surface area (Å²) < 4.78 is 0. The van der Waals surface area contributed by atoms with Crippen LogP contribution in [0.3, 0.4) is 0 Å². The lowest BCUT2D eigenvalue weighted by atomic mass is 9.98. The second-order valence-corrected chi connectivity index (χ2v) is 3.70. The number of benzene rings is 1. The number of carbonyl (C=O) groups is 2. The molecule has 1 N–H and O–H groups in total. The van der Waals surface area contributed by atoms with Gasteiger partial charge in [0.05, 0.1) is 0 Å². The van der Waals surface area contributed by atoms with E-state index in [4.69, 9.17) is 0 Å². The number of anilines is 1. The van der Waals surface area contributed by atoms with Crippen LogP contribution in [0.5, 0.6) is 0 Å². The first-order valence-electron chi connectivity index (χ1n) is 5.16. The summed E-state index contributed by atoms with van der Waals surface area (Å²) >= 11 is 0. The van der Waals surface area contributed by atoms with Gasteiger partial charge in [-0.25, -0.2) is 0 Å². The van der Waals surface area contributed by atoms with Crippen LogP contribution in [0.15, 0.2) is 18.2 Å². The summed E-state index contributed by atoms with van der Waals surface area (Å²) in [5, 5.41) is 2.79. The normalized spacial score (nSPS) is 14.3. The van der Waals surface area contributed by atoms with Crippen LogP contribution >= 0.6 is 0 Å². The van der Waals surface area contributed by atoms with Crippen molar-refractivity contribution in [3.63, 3.8) is 0 Å². The van der Waals surface area contributed by atoms with Crippen molar-refractivity contribution >= 4 is 17.4 Å². The van der Waals surface area contributed by atoms with E-state index in [1.54, 1.807) is 6.07 Å². The van der Waals surface area contributed by atoms with Crippen molar-refractivity contribution in [3.8, 4) is 0 Å². The molecule has 1 aromatic carbocycles. The van der Waals surface area contributed by atoms with Gasteiger partial charge in [-0.3, -0.25) is 9.59 Å². The van der Waals surface area contributed by atoms with Crippen LogP contribution in [-0.4, -0.2) is 11.7 Å². The van der Waals surface area contributed by atoms with Gasteiger partial charge in [0.15, 0.2) is 5.78 Å². The molecule has 0 aromatic heterocycles. The van der Waals surface area contributed by atoms with Crippen LogP contribution in [0, 0.1) is 0 Å². The van der Waals surface area contributed by atoms with Gasteiger partial charge in [-0.15, -0.1) is 0 Å². The highest BCUT2D eigenvalue weighted by Crippen LogP contribution is 2.23. The Morgan fingerprint density at radius 2 is 2.20 bits per heavy atom. The summed E-state index contributed by atoms with van der Waals surface area (Å²) in [6, 6.07) is 5.48. The van der Waals surface area contributed by atoms with Crippen molar-refractivity contribution in [2.24, 2.45) is 0 Å². The first-order chi connectivity index (χ1) is 7.20. The van der Waals surface area contributed by atoms with E-state index in [0.717, 1.165) is 23.2 Å². The van der Waals surface area contributed by atoms with Crippen molar-refractivity contribution in [3.05, 3.63) is 29.3 Å². The molecule has 0 radical (unpaired) electrons. The van der Waals surface area contributed by atoms with Crippen molar-refractivity contribution < 1.29 is 9.59 Å². The number of hydrogen-bond acceptors (Lipinski definition) is 2. The van der Waals surface area contributed by atoms with Gasteiger partial charge in [0, 0.05) is 24.1 Å². The quantitative estimate of drug-likeness (QED) is 0.749. The summed E-state index contributed by atoms with van der Waals surface area (Å²) in [5.74, 6) is 0.201. The van der Waals surface area contributed by atoms with Crippen LogP contribution in [-0.2, 0) is 11.2 Å². The third-order valence-electron chi connectivity index (χ3n) is 2.64. The Balaban J connectivity index is 2.34. The zero-order chi connectivity index (χ0) is 10.8. The topological polar surface area (TPSA) is 46.2 Å². The largest absolute Gasteiger partial charge is 0.326 e. The minimum Gasteiger partial charge on any atom is -0.326 e. The third-order valence-corrected chi connectivity index (χ3v) is 2.64. The molecule has 1 aliphatic rings. The Morgan fingerprint density at radius 3 is 2.93 bits per heavy atom. The molecule has 1 amide bonds. The Morgan fingerprint density at radius 1 is 1.40 bits per heavy atom. The number of fused-ring (bicyclic) bond motifs is 1. The third kappa shape index (κ3) is 1.91. The molecule has 0 spiro atoms. The number of Topliss-reactive ketones (excluding diaryl/α,β-unsaturated/α-hetero) is 1. The van der Waals surface area contributed by atoms with Gasteiger partial charge in [-0.2, -0.15) is 0 Å². The maximum absolute atomic E-state index is 11.5. The van der Waals surface area contributed by atoms with Crippen molar-refractivity contribution in [1.82, 2.24) is 0 Å². The molecule has 0 bridgehead atoms. The van der Waals surface area contributed by atoms with E-state index in [0.29, 0.717) is 12.8 Å². The second-order valence-electron chi connectivity index (χ2n) is 3.70. The molecule has 3 nitrogen and oxygen atoms in total. The number of rotatable bonds is 2. The van der Waals surface area contributed by atoms with Gasteiger partial charge < -0.3 is 5.32 Å². The first kappa shape index (κ1) is 9.90. The molecule has 1 aliphatic heterocycles. The molecule has 78 valence electrons. The van der Waals surface area contributed by atoms with Gasteiger partial charge >= 0.3 is 0 Å². The molecule has 0 fully saturated rings. The van der Waals surface area contributed by atoms with E-state index < -0.39 is 0 Å². The Bertz CT molecular complexity index is 424. The Labute approximate surface area is 88.5 Å². The van der Waals surface area contributed by atoms with Crippen LogP contribution in [0.2, 0.25) is 0 Å². The highest BCUT2D eigenvalue weighted by Gasteiger charge is 2.15. The molecule has 0 saturated heterocycles. The predicted molar refractivity (Wildman–Crippen MR) is 58.0 cm³/mol. The summed E-state index contributed by atoms with van der Waals surface area (Å²) in [5.41, 5.74) is 2.65. The van der Waals surface area contributed by atoms with E-state index in [1.807, 2.05) is 19.1 Å². The maximum atomic E-state index is 11.5. The standard InChI is InChI=1S/C12H13NO2/c1-2-11(14)9-3-5-10-8(7-9)4-6-12(15)13-10/h3,5,7H,2,4,6H2,1H3,(H,13,15). The lowest BCUT2D eigenvalue weighted by Gasteiger charge is -2.17. The molecule has 0 aliphatic carbocycles. The molecular weight excluding hydrogens is 190 g/mol. The van der Waals surface area contributed by atoms with E-state index in [2.05, 4.69) is 5.32 Å². The van der Waals surface area contributed by atoms with Crippen LogP contribution < -0.4 is 5.32 Å². The Hall–Kier alpha value is -1.64. The number of nitrogens with one attached hydrogen (secondary N) is 1. The smallest absolute Gasteiger partial charge is 0.224 e. The average Bonchev–Trinajstić information content (AvgIpc) is 2.27. The van der Waals surface area contributed by atoms with Gasteiger partial charge in [-0.1, -0.05) is 6.92 Å². The minimum absolute atomic E-state index is 0.0528. The molecule has 2 rings (SSSR count). The van der Waals surface area contributed by atoms with E-state index in [9.17, 15) is 9.59 Å². The van der Waals surface area contributed by atoms with Gasteiger partial charge in [0.25, 0.3) is 0 Å². The van der Waals surface area contributed by atoms with E-state index in [-0.39, 0.29) is 11.7 Å². The minimum atomic E-state index is 0.0528. The summed E-state index contributed by atoms with van der Waals surface area (Å²) in [7, 11) is 0.